The van der Waals surface area contributed by atoms with Crippen LogP contribution in [-0.2, 0) is 0 Å². The zero-order valence-electron chi connectivity index (χ0n) is 13.8. The highest BCUT2D eigenvalue weighted by Gasteiger charge is 2.32. The average molecular weight is 369 g/mol. The maximum absolute atomic E-state index is 10.6. The lowest BCUT2D eigenvalue weighted by Crippen LogP contribution is -2.45. The fraction of sp³-hybridized carbons (Fsp3) is 0.474. The summed E-state index contributed by atoms with van der Waals surface area (Å²) in [7, 11) is 0. The van der Waals surface area contributed by atoms with E-state index in [1.165, 1.54) is 30.0 Å². The Bertz CT molecular complexity index is 669. The summed E-state index contributed by atoms with van der Waals surface area (Å²) < 4.78 is 0. The van der Waals surface area contributed by atoms with E-state index in [9.17, 15) is 5.11 Å². The van der Waals surface area contributed by atoms with Crippen LogP contribution in [0.1, 0.15) is 30.9 Å². The minimum atomic E-state index is 0. The van der Waals surface area contributed by atoms with E-state index in [4.69, 9.17) is 0 Å². The van der Waals surface area contributed by atoms with E-state index in [1.54, 1.807) is 0 Å². The number of phenols is 1. The number of aromatic hydroxyl groups is 1. The normalized spacial score (nSPS) is 19.3. The minimum Gasteiger partial charge on any atom is -0.508 e. The molecule has 1 aliphatic heterocycles. The molecule has 5 heteroatoms. The van der Waals surface area contributed by atoms with Crippen molar-refractivity contribution in [1.82, 2.24) is 10.2 Å². The first-order valence-corrected chi connectivity index (χ1v) is 8.48. The van der Waals surface area contributed by atoms with Gasteiger partial charge < -0.3 is 10.4 Å². The van der Waals surface area contributed by atoms with E-state index in [0.717, 1.165) is 37.7 Å². The van der Waals surface area contributed by atoms with E-state index < -0.39 is 0 Å². The third kappa shape index (κ3) is 3.97. The molecule has 24 heavy (non-hydrogen) atoms. The van der Waals surface area contributed by atoms with Crippen LogP contribution in [-0.4, -0.2) is 36.2 Å². The zero-order valence-corrected chi connectivity index (χ0v) is 15.4. The second kappa shape index (κ2) is 8.39. The molecule has 0 radical (unpaired) electrons. The summed E-state index contributed by atoms with van der Waals surface area (Å²) in [4.78, 5) is 2.57. The van der Waals surface area contributed by atoms with Crippen LogP contribution in [0.3, 0.4) is 0 Å². The van der Waals surface area contributed by atoms with E-state index in [-0.39, 0.29) is 24.8 Å². The van der Waals surface area contributed by atoms with E-state index >= 15 is 0 Å². The van der Waals surface area contributed by atoms with Crippen LogP contribution >= 0.6 is 24.8 Å². The Labute approximate surface area is 156 Å². The third-order valence-corrected chi connectivity index (χ3v) is 5.13. The number of hydrogen-bond donors (Lipinski definition) is 2. The van der Waals surface area contributed by atoms with Crippen LogP contribution < -0.4 is 5.32 Å². The Balaban J connectivity index is 0.00000104. The van der Waals surface area contributed by atoms with Crippen molar-refractivity contribution in [3.05, 3.63) is 42.0 Å². The zero-order chi connectivity index (χ0) is 14.9. The molecule has 0 unspecified atom stereocenters. The number of nitrogens with zero attached hydrogens (tertiary/aromatic N) is 1. The maximum Gasteiger partial charge on any atom is 0.121 e. The summed E-state index contributed by atoms with van der Waals surface area (Å²) in [6, 6.07) is 12.7. The van der Waals surface area contributed by atoms with Crippen molar-refractivity contribution in [3.8, 4) is 5.75 Å². The SMILES string of the molecule is Cl.Cl.Oc1ccc2ccccc2c1[C@@H](CC1CC1)N1CCNCC1. The second-order valence-electron chi connectivity index (χ2n) is 6.70. The predicted molar refractivity (Wildman–Crippen MR) is 105 cm³/mol. The Morgan fingerprint density at radius 2 is 1.75 bits per heavy atom. The lowest BCUT2D eigenvalue weighted by atomic mass is 9.92. The van der Waals surface area contributed by atoms with Gasteiger partial charge in [0.15, 0.2) is 0 Å². The van der Waals surface area contributed by atoms with Crippen LogP contribution in [0.5, 0.6) is 5.75 Å². The van der Waals surface area contributed by atoms with Crippen molar-refractivity contribution in [2.75, 3.05) is 26.2 Å². The number of piperazine rings is 1. The summed E-state index contributed by atoms with van der Waals surface area (Å²) >= 11 is 0. The number of phenolic OH excluding ortho intramolecular Hbond substituents is 1. The highest BCUT2D eigenvalue weighted by atomic mass is 35.5. The molecular weight excluding hydrogens is 343 g/mol. The van der Waals surface area contributed by atoms with Gasteiger partial charge in [-0.1, -0.05) is 43.2 Å². The van der Waals surface area contributed by atoms with Crippen molar-refractivity contribution < 1.29 is 5.11 Å². The van der Waals surface area contributed by atoms with Gasteiger partial charge in [-0.2, -0.15) is 0 Å². The van der Waals surface area contributed by atoms with Gasteiger partial charge in [0.1, 0.15) is 5.75 Å². The molecule has 2 aromatic rings. The topological polar surface area (TPSA) is 35.5 Å². The quantitative estimate of drug-likeness (QED) is 0.851. The molecule has 2 aliphatic rings. The largest absolute Gasteiger partial charge is 0.508 e. The monoisotopic (exact) mass is 368 g/mol. The maximum atomic E-state index is 10.6. The molecule has 1 aliphatic carbocycles. The molecule has 2 N–H and O–H groups in total. The fourth-order valence-electron chi connectivity index (χ4n) is 3.75. The molecule has 0 spiro atoms. The van der Waals surface area contributed by atoms with Gasteiger partial charge in [-0.05, 0) is 29.2 Å². The van der Waals surface area contributed by atoms with E-state index in [2.05, 4.69) is 34.5 Å². The summed E-state index contributed by atoms with van der Waals surface area (Å²) in [6.07, 6.45) is 3.89. The number of hydrogen-bond acceptors (Lipinski definition) is 3. The van der Waals surface area contributed by atoms with Gasteiger partial charge in [0.05, 0.1) is 0 Å². The van der Waals surface area contributed by atoms with Crippen molar-refractivity contribution in [2.45, 2.75) is 25.3 Å². The van der Waals surface area contributed by atoms with Crippen molar-refractivity contribution in [2.24, 2.45) is 5.92 Å². The molecule has 132 valence electrons. The van der Waals surface area contributed by atoms with Crippen molar-refractivity contribution in [3.63, 3.8) is 0 Å². The van der Waals surface area contributed by atoms with Gasteiger partial charge in [0.25, 0.3) is 0 Å². The first-order valence-electron chi connectivity index (χ1n) is 8.48. The van der Waals surface area contributed by atoms with Gasteiger partial charge >= 0.3 is 0 Å². The van der Waals surface area contributed by atoms with Gasteiger partial charge in [-0.15, -0.1) is 24.8 Å². The summed E-state index contributed by atoms with van der Waals surface area (Å²) in [5, 5.41) is 16.5. The lowest BCUT2D eigenvalue weighted by Gasteiger charge is -2.36. The molecule has 1 atom stereocenters. The Morgan fingerprint density at radius 3 is 2.46 bits per heavy atom. The van der Waals surface area contributed by atoms with Crippen LogP contribution in [0.2, 0.25) is 0 Å². The molecule has 0 bridgehead atoms. The first-order chi connectivity index (χ1) is 10.8. The molecule has 0 aromatic heterocycles. The number of nitrogens with one attached hydrogen (secondary N) is 1. The van der Waals surface area contributed by atoms with E-state index in [0.29, 0.717) is 11.8 Å². The van der Waals surface area contributed by atoms with Crippen LogP contribution in [0.15, 0.2) is 36.4 Å². The van der Waals surface area contributed by atoms with Crippen LogP contribution in [0.25, 0.3) is 10.8 Å². The fourth-order valence-corrected chi connectivity index (χ4v) is 3.75. The number of halogens is 2. The lowest BCUT2D eigenvalue weighted by molar-refractivity contribution is 0.159. The average Bonchev–Trinajstić information content (AvgIpc) is 3.38. The van der Waals surface area contributed by atoms with E-state index in [1.807, 2.05) is 12.1 Å². The van der Waals surface area contributed by atoms with Gasteiger partial charge in [0.2, 0.25) is 0 Å². The number of rotatable bonds is 4. The minimum absolute atomic E-state index is 0. The predicted octanol–water partition coefficient (Wildman–Crippen LogP) is 4.14. The third-order valence-electron chi connectivity index (χ3n) is 5.13. The van der Waals surface area contributed by atoms with Crippen LogP contribution in [0.4, 0.5) is 0 Å². The molecule has 2 aromatic carbocycles. The standard InChI is InChI=1S/C19H24N2O.2ClH/c22-18-8-7-15-3-1-2-4-16(15)19(18)17(13-14-5-6-14)21-11-9-20-10-12-21;;/h1-4,7-8,14,17,20,22H,5-6,9-13H2;2*1H/t17-;;/m1../s1. The molecule has 4 rings (SSSR count). The van der Waals surface area contributed by atoms with Gasteiger partial charge in [0, 0.05) is 37.8 Å². The molecular formula is C19H26Cl2N2O. The van der Waals surface area contributed by atoms with Crippen LogP contribution in [0, 0.1) is 5.92 Å². The van der Waals surface area contributed by atoms with Gasteiger partial charge in [-0.3, -0.25) is 4.90 Å². The number of benzene rings is 2. The molecule has 2 fully saturated rings. The highest BCUT2D eigenvalue weighted by Crippen LogP contribution is 2.44. The Hall–Kier alpha value is -1.00. The summed E-state index contributed by atoms with van der Waals surface area (Å²) in [5.74, 6) is 1.31. The molecule has 1 heterocycles. The highest BCUT2D eigenvalue weighted by molar-refractivity contribution is 5.88. The van der Waals surface area contributed by atoms with Crippen molar-refractivity contribution in [1.29, 1.82) is 0 Å². The summed E-state index contributed by atoms with van der Waals surface area (Å²) in [6.45, 7) is 4.24. The summed E-state index contributed by atoms with van der Waals surface area (Å²) in [5.41, 5.74) is 1.15. The van der Waals surface area contributed by atoms with Crippen molar-refractivity contribution >= 4 is 35.6 Å². The molecule has 3 nitrogen and oxygen atoms in total. The number of fused-ring (bicyclic) bond motifs is 1. The first kappa shape index (κ1) is 19.3. The molecule has 1 saturated heterocycles. The van der Waals surface area contributed by atoms with Gasteiger partial charge in [-0.25, -0.2) is 0 Å². The Morgan fingerprint density at radius 1 is 1.04 bits per heavy atom. The Kier molecular flexibility index (Phi) is 6.76. The molecule has 1 saturated carbocycles. The second-order valence-corrected chi connectivity index (χ2v) is 6.70. The molecule has 0 amide bonds. The smallest absolute Gasteiger partial charge is 0.121 e.